The van der Waals surface area contributed by atoms with E-state index in [1.807, 2.05) is 6.07 Å². The summed E-state index contributed by atoms with van der Waals surface area (Å²) in [5.74, 6) is 0.757. The Kier molecular flexibility index (Phi) is 1.93. The number of hydrogen-bond donors (Lipinski definition) is 1. The first kappa shape index (κ1) is 8.10. The molecular weight excluding hydrogens is 166 g/mol. The summed E-state index contributed by atoms with van der Waals surface area (Å²) in [5.41, 5.74) is 1.81. The summed E-state index contributed by atoms with van der Waals surface area (Å²) in [5, 5.41) is 2.78. The highest BCUT2D eigenvalue weighted by Gasteiger charge is 2.17. The Balaban J connectivity index is 2.46. The lowest BCUT2D eigenvalue weighted by Gasteiger charge is -2.18. The zero-order valence-electron chi connectivity index (χ0n) is 7.39. The monoisotopic (exact) mass is 176 g/mol. The molecule has 1 heterocycles. The van der Waals surface area contributed by atoms with Crippen molar-refractivity contribution >= 4 is 11.6 Å². The van der Waals surface area contributed by atoms with Gasteiger partial charge in [0.2, 0.25) is 5.91 Å². The lowest BCUT2D eigenvalue weighted by Crippen LogP contribution is -2.19. The Hall–Kier alpha value is -1.51. The van der Waals surface area contributed by atoms with E-state index in [1.54, 1.807) is 13.2 Å². The summed E-state index contributed by atoms with van der Waals surface area (Å²) >= 11 is 0. The molecule has 1 amide bonds. The van der Waals surface area contributed by atoms with Gasteiger partial charge in [0.25, 0.3) is 0 Å². The largest absolute Gasteiger partial charge is 0.495 e. The molecule has 3 heteroatoms. The SMILES string of the molecule is COc1cc[c]c2c1NC(=O)CC2. The molecule has 0 saturated carbocycles. The maximum absolute atomic E-state index is 11.1. The van der Waals surface area contributed by atoms with Crippen molar-refractivity contribution in [2.75, 3.05) is 12.4 Å². The summed E-state index contributed by atoms with van der Waals surface area (Å²) in [6.07, 6.45) is 1.29. The molecule has 1 aliphatic rings. The predicted octanol–water partition coefficient (Wildman–Crippen LogP) is 1.38. The first-order valence-electron chi connectivity index (χ1n) is 4.18. The molecule has 0 fully saturated rings. The minimum absolute atomic E-state index is 0.0467. The fourth-order valence-corrected chi connectivity index (χ4v) is 1.47. The molecule has 0 atom stereocenters. The molecule has 0 aromatic heterocycles. The summed E-state index contributed by atoms with van der Waals surface area (Å²) in [6.45, 7) is 0. The normalized spacial score (nSPS) is 14.7. The van der Waals surface area contributed by atoms with Crippen LogP contribution in [-0.2, 0) is 11.2 Å². The summed E-state index contributed by atoms with van der Waals surface area (Å²) in [4.78, 5) is 11.1. The average molecular weight is 176 g/mol. The number of benzene rings is 1. The van der Waals surface area contributed by atoms with Crippen molar-refractivity contribution in [1.82, 2.24) is 0 Å². The number of anilines is 1. The highest BCUT2D eigenvalue weighted by Crippen LogP contribution is 2.31. The van der Waals surface area contributed by atoms with Crippen LogP contribution in [0.3, 0.4) is 0 Å². The number of aryl methyl sites for hydroxylation is 1. The van der Waals surface area contributed by atoms with Crippen LogP contribution in [0.1, 0.15) is 12.0 Å². The van der Waals surface area contributed by atoms with Gasteiger partial charge in [0.05, 0.1) is 12.8 Å². The molecule has 1 aromatic carbocycles. The van der Waals surface area contributed by atoms with Crippen LogP contribution in [0.5, 0.6) is 5.75 Å². The van der Waals surface area contributed by atoms with Gasteiger partial charge in [-0.2, -0.15) is 0 Å². The van der Waals surface area contributed by atoms with Crippen LogP contribution in [0.4, 0.5) is 5.69 Å². The molecular formula is C10H10NO2. The van der Waals surface area contributed by atoms with Crippen molar-refractivity contribution in [3.63, 3.8) is 0 Å². The van der Waals surface area contributed by atoms with Crippen molar-refractivity contribution in [2.45, 2.75) is 12.8 Å². The van der Waals surface area contributed by atoms with Crippen LogP contribution >= 0.6 is 0 Å². The molecule has 0 saturated heterocycles. The van der Waals surface area contributed by atoms with Gasteiger partial charge >= 0.3 is 0 Å². The Morgan fingerprint density at radius 3 is 3.15 bits per heavy atom. The lowest BCUT2D eigenvalue weighted by molar-refractivity contribution is -0.116. The maximum Gasteiger partial charge on any atom is 0.224 e. The molecule has 0 bridgehead atoms. The molecule has 2 rings (SSSR count). The molecule has 1 aliphatic heterocycles. The van der Waals surface area contributed by atoms with Crippen molar-refractivity contribution in [3.8, 4) is 5.75 Å². The molecule has 1 radical (unpaired) electrons. The Morgan fingerprint density at radius 2 is 2.38 bits per heavy atom. The van der Waals surface area contributed by atoms with Crippen LogP contribution in [0, 0.1) is 6.07 Å². The number of rotatable bonds is 1. The van der Waals surface area contributed by atoms with Gasteiger partial charge in [0, 0.05) is 6.42 Å². The van der Waals surface area contributed by atoms with E-state index in [1.165, 1.54) is 0 Å². The number of methoxy groups -OCH3 is 1. The zero-order valence-corrected chi connectivity index (χ0v) is 7.39. The van der Waals surface area contributed by atoms with E-state index in [9.17, 15) is 4.79 Å². The Labute approximate surface area is 76.7 Å². The van der Waals surface area contributed by atoms with Gasteiger partial charge in [0.1, 0.15) is 5.75 Å². The standard InChI is InChI=1S/C10H10NO2/c1-13-8-4-2-3-7-5-6-9(12)11-10(7)8/h2,4H,5-6H2,1H3,(H,11,12). The number of amides is 1. The van der Waals surface area contributed by atoms with E-state index in [0.29, 0.717) is 12.2 Å². The molecule has 0 aliphatic carbocycles. The van der Waals surface area contributed by atoms with Crippen LogP contribution in [0.15, 0.2) is 12.1 Å². The maximum atomic E-state index is 11.1. The second-order valence-electron chi connectivity index (χ2n) is 2.95. The second-order valence-corrected chi connectivity index (χ2v) is 2.95. The fourth-order valence-electron chi connectivity index (χ4n) is 1.47. The zero-order chi connectivity index (χ0) is 9.26. The number of hydrogen-bond acceptors (Lipinski definition) is 2. The van der Waals surface area contributed by atoms with E-state index >= 15 is 0 Å². The van der Waals surface area contributed by atoms with Crippen LogP contribution in [0.25, 0.3) is 0 Å². The smallest absolute Gasteiger partial charge is 0.224 e. The van der Waals surface area contributed by atoms with Crippen LogP contribution in [0.2, 0.25) is 0 Å². The molecule has 3 nitrogen and oxygen atoms in total. The van der Waals surface area contributed by atoms with E-state index in [-0.39, 0.29) is 5.91 Å². The minimum Gasteiger partial charge on any atom is -0.495 e. The number of ether oxygens (including phenoxy) is 1. The first-order valence-corrected chi connectivity index (χ1v) is 4.18. The van der Waals surface area contributed by atoms with Crippen molar-refractivity contribution in [3.05, 3.63) is 23.8 Å². The van der Waals surface area contributed by atoms with Crippen molar-refractivity contribution < 1.29 is 9.53 Å². The molecule has 13 heavy (non-hydrogen) atoms. The average Bonchev–Trinajstić information content (AvgIpc) is 2.17. The predicted molar refractivity (Wildman–Crippen MR) is 48.8 cm³/mol. The number of nitrogens with one attached hydrogen (secondary N) is 1. The molecule has 0 spiro atoms. The number of carbonyl (C=O) groups excluding carboxylic acids is 1. The fraction of sp³-hybridized carbons (Fsp3) is 0.300. The van der Waals surface area contributed by atoms with E-state index in [0.717, 1.165) is 17.7 Å². The quantitative estimate of drug-likeness (QED) is 0.702. The molecule has 1 N–H and O–H groups in total. The molecule has 1 aromatic rings. The third-order valence-corrected chi connectivity index (χ3v) is 2.13. The van der Waals surface area contributed by atoms with Crippen molar-refractivity contribution in [2.24, 2.45) is 0 Å². The van der Waals surface area contributed by atoms with Gasteiger partial charge < -0.3 is 10.1 Å². The van der Waals surface area contributed by atoms with Gasteiger partial charge in [-0.05, 0) is 24.1 Å². The summed E-state index contributed by atoms with van der Waals surface area (Å²) in [7, 11) is 1.59. The second kappa shape index (κ2) is 3.09. The third-order valence-electron chi connectivity index (χ3n) is 2.13. The lowest BCUT2D eigenvalue weighted by atomic mass is 10.0. The first-order chi connectivity index (χ1) is 6.31. The number of carbonyl (C=O) groups is 1. The molecule has 67 valence electrons. The van der Waals surface area contributed by atoms with Gasteiger partial charge in [-0.25, -0.2) is 0 Å². The topological polar surface area (TPSA) is 38.3 Å². The summed E-state index contributed by atoms with van der Waals surface area (Å²) < 4.78 is 5.13. The Bertz CT molecular complexity index is 333. The van der Waals surface area contributed by atoms with Gasteiger partial charge in [-0.3, -0.25) is 4.79 Å². The minimum atomic E-state index is 0.0467. The van der Waals surface area contributed by atoms with Crippen LogP contribution < -0.4 is 10.1 Å². The highest BCUT2D eigenvalue weighted by molar-refractivity contribution is 5.95. The van der Waals surface area contributed by atoms with Gasteiger partial charge in [-0.1, -0.05) is 6.07 Å². The summed E-state index contributed by atoms with van der Waals surface area (Å²) in [6, 6.07) is 6.70. The number of fused-ring (bicyclic) bond motifs is 1. The highest BCUT2D eigenvalue weighted by atomic mass is 16.5. The van der Waals surface area contributed by atoms with Gasteiger partial charge in [0.15, 0.2) is 0 Å². The van der Waals surface area contributed by atoms with E-state index in [4.69, 9.17) is 4.74 Å². The van der Waals surface area contributed by atoms with Crippen LogP contribution in [-0.4, -0.2) is 13.0 Å². The van der Waals surface area contributed by atoms with Crippen molar-refractivity contribution in [1.29, 1.82) is 0 Å². The van der Waals surface area contributed by atoms with E-state index in [2.05, 4.69) is 11.4 Å². The molecule has 0 unspecified atom stereocenters. The Morgan fingerprint density at radius 1 is 1.54 bits per heavy atom. The third kappa shape index (κ3) is 1.37. The van der Waals surface area contributed by atoms with E-state index < -0.39 is 0 Å². The van der Waals surface area contributed by atoms with Gasteiger partial charge in [-0.15, -0.1) is 0 Å².